The Kier molecular flexibility index (Phi) is 2.71. The van der Waals surface area contributed by atoms with E-state index in [1.807, 2.05) is 59.5 Å². The summed E-state index contributed by atoms with van der Waals surface area (Å²) in [5, 5.41) is 2.10. The summed E-state index contributed by atoms with van der Waals surface area (Å²) in [6, 6.07) is 17.8. The van der Waals surface area contributed by atoms with Gasteiger partial charge in [-0.2, -0.15) is 0 Å². The number of pyridine rings is 1. The van der Waals surface area contributed by atoms with Gasteiger partial charge in [0.1, 0.15) is 0 Å². The average Bonchev–Trinajstić information content (AvgIpc) is 2.97. The van der Waals surface area contributed by atoms with Gasteiger partial charge in [0.05, 0.1) is 12.2 Å². The van der Waals surface area contributed by atoms with E-state index in [2.05, 4.69) is 4.98 Å². The minimum absolute atomic E-state index is 0.0739. The number of carbonyl (C=O) groups is 1. The fourth-order valence-corrected chi connectivity index (χ4v) is 2.93. The molecule has 0 saturated carbocycles. The lowest BCUT2D eigenvalue weighted by Gasteiger charge is -2.16. The first-order valence-corrected chi connectivity index (χ1v) is 7.03. The molecule has 0 radical (unpaired) electrons. The molecule has 0 saturated heterocycles. The quantitative estimate of drug-likeness (QED) is 0.681. The van der Waals surface area contributed by atoms with E-state index >= 15 is 0 Å². The predicted octanol–water partition coefficient (Wildman–Crippen LogP) is 3.39. The molecule has 3 heteroatoms. The zero-order chi connectivity index (χ0) is 14.2. The number of fused-ring (bicyclic) bond motifs is 2. The molecule has 0 fully saturated rings. The van der Waals surface area contributed by atoms with E-state index in [1.54, 1.807) is 6.20 Å². The van der Waals surface area contributed by atoms with Crippen LogP contribution in [0.4, 0.5) is 0 Å². The third-order valence-electron chi connectivity index (χ3n) is 3.99. The second kappa shape index (κ2) is 4.70. The number of carbonyl (C=O) groups excluding carboxylic acids is 1. The van der Waals surface area contributed by atoms with Gasteiger partial charge >= 0.3 is 0 Å². The van der Waals surface area contributed by atoms with Crippen LogP contribution in [-0.4, -0.2) is 15.8 Å². The van der Waals surface area contributed by atoms with Crippen molar-refractivity contribution in [3.63, 3.8) is 0 Å². The lowest BCUT2D eigenvalue weighted by atomic mass is 10.0. The molecule has 0 aliphatic carbocycles. The topological polar surface area (TPSA) is 33.2 Å². The van der Waals surface area contributed by atoms with Gasteiger partial charge in [-0.3, -0.25) is 9.78 Å². The van der Waals surface area contributed by atoms with Gasteiger partial charge in [0.15, 0.2) is 0 Å². The van der Waals surface area contributed by atoms with Crippen molar-refractivity contribution in [2.75, 3.05) is 0 Å². The lowest BCUT2D eigenvalue weighted by Crippen LogP contribution is -2.25. The number of hydrogen-bond donors (Lipinski definition) is 0. The summed E-state index contributed by atoms with van der Waals surface area (Å²) in [4.78, 5) is 19.0. The van der Waals surface area contributed by atoms with Crippen molar-refractivity contribution < 1.29 is 4.79 Å². The van der Waals surface area contributed by atoms with Crippen LogP contribution in [0.1, 0.15) is 21.6 Å². The molecule has 0 bridgehead atoms. The minimum Gasteiger partial charge on any atom is -0.328 e. The van der Waals surface area contributed by atoms with Crippen LogP contribution >= 0.6 is 0 Å². The summed E-state index contributed by atoms with van der Waals surface area (Å²) < 4.78 is 0. The number of hydrogen-bond acceptors (Lipinski definition) is 2. The van der Waals surface area contributed by atoms with E-state index in [1.165, 1.54) is 0 Å². The van der Waals surface area contributed by atoms with Gasteiger partial charge in [0.2, 0.25) is 0 Å². The smallest absolute Gasteiger partial charge is 0.255 e. The molecule has 1 aromatic heterocycles. The van der Waals surface area contributed by atoms with Crippen molar-refractivity contribution in [3.05, 3.63) is 77.6 Å². The zero-order valence-corrected chi connectivity index (χ0v) is 11.5. The fourth-order valence-electron chi connectivity index (χ4n) is 2.93. The van der Waals surface area contributed by atoms with Gasteiger partial charge in [0.25, 0.3) is 5.91 Å². The van der Waals surface area contributed by atoms with Crippen LogP contribution in [0.3, 0.4) is 0 Å². The van der Waals surface area contributed by atoms with Gasteiger partial charge in [-0.05, 0) is 28.5 Å². The third kappa shape index (κ3) is 1.98. The van der Waals surface area contributed by atoms with E-state index in [0.717, 1.165) is 27.6 Å². The second-order valence-corrected chi connectivity index (χ2v) is 5.30. The number of nitrogens with zero attached hydrogens (tertiary/aromatic N) is 2. The highest BCUT2D eigenvalue weighted by Crippen LogP contribution is 2.25. The first-order valence-electron chi connectivity index (χ1n) is 7.03. The summed E-state index contributed by atoms with van der Waals surface area (Å²) >= 11 is 0. The SMILES string of the molecule is O=C(c1cccc2ccccc12)N1Cc2cccnc2C1. The largest absolute Gasteiger partial charge is 0.328 e. The van der Waals surface area contributed by atoms with Gasteiger partial charge in [-0.25, -0.2) is 0 Å². The molecule has 1 aliphatic heterocycles. The molecule has 0 unspecified atom stereocenters. The molecule has 2 heterocycles. The highest BCUT2D eigenvalue weighted by molar-refractivity contribution is 6.07. The Morgan fingerprint density at radius 3 is 2.71 bits per heavy atom. The van der Waals surface area contributed by atoms with Crippen LogP contribution in [0.25, 0.3) is 10.8 Å². The predicted molar refractivity (Wildman–Crippen MR) is 81.8 cm³/mol. The number of benzene rings is 2. The Labute approximate surface area is 122 Å². The van der Waals surface area contributed by atoms with Crippen molar-refractivity contribution in [3.8, 4) is 0 Å². The molecular formula is C18H14N2O. The average molecular weight is 274 g/mol. The molecule has 4 rings (SSSR count). The summed E-state index contributed by atoms with van der Waals surface area (Å²) in [7, 11) is 0. The van der Waals surface area contributed by atoms with Gasteiger partial charge in [0, 0.05) is 18.3 Å². The molecule has 102 valence electrons. The lowest BCUT2D eigenvalue weighted by molar-refractivity contribution is 0.0752. The monoisotopic (exact) mass is 274 g/mol. The Balaban J connectivity index is 1.72. The van der Waals surface area contributed by atoms with E-state index < -0.39 is 0 Å². The van der Waals surface area contributed by atoms with Gasteiger partial charge in [-0.1, -0.05) is 42.5 Å². The summed E-state index contributed by atoms with van der Waals surface area (Å²) in [6.45, 7) is 1.24. The number of aromatic nitrogens is 1. The van der Waals surface area contributed by atoms with E-state index in [0.29, 0.717) is 13.1 Å². The second-order valence-electron chi connectivity index (χ2n) is 5.30. The molecule has 0 N–H and O–H groups in total. The van der Waals surface area contributed by atoms with Crippen LogP contribution in [0.5, 0.6) is 0 Å². The Morgan fingerprint density at radius 2 is 1.81 bits per heavy atom. The standard InChI is InChI=1S/C18H14N2O/c21-18(20-11-14-7-4-10-19-17(14)12-20)16-9-3-6-13-5-1-2-8-15(13)16/h1-10H,11-12H2. The summed E-state index contributed by atoms with van der Waals surface area (Å²) in [5.41, 5.74) is 2.91. The first kappa shape index (κ1) is 12.1. The van der Waals surface area contributed by atoms with Crippen LogP contribution in [0.2, 0.25) is 0 Å². The van der Waals surface area contributed by atoms with Crippen molar-refractivity contribution in [1.29, 1.82) is 0 Å². The molecule has 0 spiro atoms. The van der Waals surface area contributed by atoms with Crippen LogP contribution in [0, 0.1) is 0 Å². The van der Waals surface area contributed by atoms with Crippen molar-refractivity contribution in [2.45, 2.75) is 13.1 Å². The Hall–Kier alpha value is -2.68. The fraction of sp³-hybridized carbons (Fsp3) is 0.111. The van der Waals surface area contributed by atoms with Crippen molar-refractivity contribution >= 4 is 16.7 Å². The van der Waals surface area contributed by atoms with Gasteiger partial charge in [-0.15, -0.1) is 0 Å². The van der Waals surface area contributed by atoms with Crippen LogP contribution < -0.4 is 0 Å². The van der Waals surface area contributed by atoms with Crippen LogP contribution in [0.15, 0.2) is 60.8 Å². The molecule has 3 aromatic rings. The molecule has 0 atom stereocenters. The number of amides is 1. The maximum absolute atomic E-state index is 12.8. The maximum Gasteiger partial charge on any atom is 0.255 e. The third-order valence-corrected chi connectivity index (χ3v) is 3.99. The molecule has 1 amide bonds. The minimum atomic E-state index is 0.0739. The molecular weight excluding hydrogens is 260 g/mol. The normalized spacial score (nSPS) is 13.4. The van der Waals surface area contributed by atoms with E-state index in [-0.39, 0.29) is 5.91 Å². The van der Waals surface area contributed by atoms with Crippen molar-refractivity contribution in [2.24, 2.45) is 0 Å². The van der Waals surface area contributed by atoms with E-state index in [4.69, 9.17) is 0 Å². The molecule has 3 nitrogen and oxygen atoms in total. The Morgan fingerprint density at radius 1 is 0.952 bits per heavy atom. The molecule has 21 heavy (non-hydrogen) atoms. The highest BCUT2D eigenvalue weighted by atomic mass is 16.2. The van der Waals surface area contributed by atoms with E-state index in [9.17, 15) is 4.79 Å². The first-order chi connectivity index (χ1) is 10.3. The molecule has 2 aromatic carbocycles. The Bertz CT molecular complexity index is 811. The van der Waals surface area contributed by atoms with Gasteiger partial charge < -0.3 is 4.90 Å². The summed E-state index contributed by atoms with van der Waals surface area (Å²) in [5.74, 6) is 0.0739. The highest BCUT2D eigenvalue weighted by Gasteiger charge is 2.25. The van der Waals surface area contributed by atoms with Crippen molar-refractivity contribution in [1.82, 2.24) is 9.88 Å². The summed E-state index contributed by atoms with van der Waals surface area (Å²) in [6.07, 6.45) is 1.78. The molecule has 1 aliphatic rings. The number of rotatable bonds is 1. The van der Waals surface area contributed by atoms with Crippen LogP contribution in [-0.2, 0) is 13.1 Å². The zero-order valence-electron chi connectivity index (χ0n) is 11.5. The maximum atomic E-state index is 12.8.